The molecule has 0 unspecified atom stereocenters. The van der Waals surface area contributed by atoms with E-state index in [4.69, 9.17) is 28.4 Å². The van der Waals surface area contributed by atoms with Gasteiger partial charge in [-0.2, -0.15) is 0 Å². The summed E-state index contributed by atoms with van der Waals surface area (Å²) < 4.78 is 32.0. The minimum Gasteiger partial charge on any atom is -0.379 e. The lowest BCUT2D eigenvalue weighted by atomic mass is 10.5. The molecule has 168 valence electrons. The number of rotatable bonds is 23. The van der Waals surface area contributed by atoms with Gasteiger partial charge in [-0.25, -0.2) is 0 Å². The molecular weight excluding hydrogens is 368 g/mol. The lowest BCUT2D eigenvalue weighted by molar-refractivity contribution is -0.126. The lowest BCUT2D eigenvalue weighted by Crippen LogP contribution is -2.31. The summed E-state index contributed by atoms with van der Waals surface area (Å²) in [6, 6.07) is 0. The molecule has 0 aromatic rings. The van der Waals surface area contributed by atoms with Crippen LogP contribution < -0.4 is 10.6 Å². The summed E-state index contributed by atoms with van der Waals surface area (Å²) in [5.74, 6) is -0.166. The number of amides is 1. The van der Waals surface area contributed by atoms with Gasteiger partial charge in [0.15, 0.2) is 0 Å². The van der Waals surface area contributed by atoms with Crippen LogP contribution in [0.2, 0.25) is 0 Å². The number of carbonyl (C=O) groups is 1. The highest BCUT2D eigenvalue weighted by Crippen LogP contribution is 1.84. The first-order valence-corrected chi connectivity index (χ1v) is 10.2. The highest BCUT2D eigenvalue weighted by molar-refractivity contribution is 5.77. The van der Waals surface area contributed by atoms with Gasteiger partial charge in [-0.3, -0.25) is 4.79 Å². The van der Waals surface area contributed by atoms with Crippen LogP contribution in [0.3, 0.4) is 0 Å². The van der Waals surface area contributed by atoms with Crippen LogP contribution in [0.15, 0.2) is 0 Å². The van der Waals surface area contributed by atoms with Crippen LogP contribution in [0.4, 0.5) is 0 Å². The summed E-state index contributed by atoms with van der Waals surface area (Å²) in [5, 5.41) is 5.90. The normalized spacial score (nSPS) is 11.1. The first kappa shape index (κ1) is 27.2. The van der Waals surface area contributed by atoms with E-state index in [1.54, 1.807) is 0 Å². The zero-order valence-corrected chi connectivity index (χ0v) is 17.7. The molecule has 28 heavy (non-hydrogen) atoms. The molecule has 0 aliphatic carbocycles. The third-order valence-electron chi connectivity index (χ3n) is 3.31. The van der Waals surface area contributed by atoms with E-state index in [0.29, 0.717) is 72.6 Å². The van der Waals surface area contributed by atoms with Crippen molar-refractivity contribution in [3.05, 3.63) is 0 Å². The van der Waals surface area contributed by atoms with Crippen LogP contribution >= 0.6 is 0 Å². The fraction of sp³-hybridized carbons (Fsp3) is 0.947. The first-order chi connectivity index (χ1) is 13.8. The van der Waals surface area contributed by atoms with Gasteiger partial charge in [0.1, 0.15) is 6.61 Å². The molecule has 0 radical (unpaired) electrons. The molecular formula is C19H40N2O7. The maximum atomic E-state index is 11.6. The number of hydrogen-bond donors (Lipinski definition) is 2. The Kier molecular flexibility index (Phi) is 23.5. The summed E-state index contributed by atoms with van der Waals surface area (Å²) in [6.45, 7) is 12.4. The third-order valence-corrected chi connectivity index (χ3v) is 3.31. The summed E-state index contributed by atoms with van der Waals surface area (Å²) in [6.07, 6.45) is 1.02. The highest BCUT2D eigenvalue weighted by atomic mass is 16.6. The molecule has 0 atom stereocenters. The van der Waals surface area contributed by atoms with Crippen molar-refractivity contribution in [2.75, 3.05) is 98.9 Å². The van der Waals surface area contributed by atoms with Crippen molar-refractivity contribution >= 4 is 5.91 Å². The first-order valence-electron chi connectivity index (χ1n) is 10.2. The molecule has 0 saturated carbocycles. The molecule has 0 bridgehead atoms. The van der Waals surface area contributed by atoms with Crippen LogP contribution in [-0.2, 0) is 33.2 Å². The van der Waals surface area contributed by atoms with Crippen molar-refractivity contribution < 1.29 is 33.2 Å². The SMILES string of the molecule is CCCOCCOCCOCCOCC(=O)NCCOCCOCCNCC. The molecule has 2 N–H and O–H groups in total. The number of ether oxygens (including phenoxy) is 6. The molecule has 0 spiro atoms. The van der Waals surface area contributed by atoms with Crippen LogP contribution in [0.5, 0.6) is 0 Å². The Balaban J connectivity index is 3.13. The molecule has 0 saturated heterocycles. The molecule has 0 aliphatic heterocycles. The quantitative estimate of drug-likeness (QED) is 0.232. The van der Waals surface area contributed by atoms with Gasteiger partial charge in [-0.1, -0.05) is 13.8 Å². The molecule has 0 aromatic heterocycles. The standard InChI is InChI=1S/C19H40N2O7/c1-3-7-23-10-13-26-14-15-27-16-17-28-18-19(22)21-6-9-25-12-11-24-8-5-20-4-2/h20H,3-18H2,1-2H3,(H,21,22). The largest absolute Gasteiger partial charge is 0.379 e. The van der Waals surface area contributed by atoms with Gasteiger partial charge >= 0.3 is 0 Å². The van der Waals surface area contributed by atoms with Crippen LogP contribution in [0.1, 0.15) is 20.3 Å². The minimum absolute atomic E-state index is 0.0160. The third kappa shape index (κ3) is 23.2. The van der Waals surface area contributed by atoms with Gasteiger partial charge in [0.05, 0.1) is 66.1 Å². The van der Waals surface area contributed by atoms with Gasteiger partial charge in [0, 0.05) is 19.7 Å². The number of likely N-dealkylation sites (N-methyl/N-ethyl adjacent to an activating group) is 1. The topological polar surface area (TPSA) is 96.5 Å². The van der Waals surface area contributed by atoms with Crippen molar-refractivity contribution in [2.45, 2.75) is 20.3 Å². The molecule has 0 heterocycles. The molecule has 0 fully saturated rings. The summed E-state index contributed by atoms with van der Waals surface area (Å²) >= 11 is 0. The smallest absolute Gasteiger partial charge is 0.246 e. The zero-order chi connectivity index (χ0) is 20.5. The average Bonchev–Trinajstić information content (AvgIpc) is 2.70. The van der Waals surface area contributed by atoms with E-state index in [9.17, 15) is 4.79 Å². The van der Waals surface area contributed by atoms with E-state index in [2.05, 4.69) is 24.5 Å². The van der Waals surface area contributed by atoms with Crippen molar-refractivity contribution in [1.29, 1.82) is 0 Å². The number of hydrogen-bond acceptors (Lipinski definition) is 8. The molecule has 0 aliphatic rings. The second-order valence-electron chi connectivity index (χ2n) is 5.82. The van der Waals surface area contributed by atoms with E-state index in [0.717, 1.165) is 26.1 Å². The van der Waals surface area contributed by atoms with Gasteiger partial charge in [0.2, 0.25) is 5.91 Å². The minimum atomic E-state index is -0.166. The van der Waals surface area contributed by atoms with E-state index in [-0.39, 0.29) is 12.5 Å². The Morgan fingerprint density at radius 1 is 0.607 bits per heavy atom. The van der Waals surface area contributed by atoms with Gasteiger partial charge in [-0.15, -0.1) is 0 Å². The van der Waals surface area contributed by atoms with E-state index >= 15 is 0 Å². The molecule has 9 heteroatoms. The van der Waals surface area contributed by atoms with Gasteiger partial charge in [0.25, 0.3) is 0 Å². The van der Waals surface area contributed by atoms with E-state index in [1.807, 2.05) is 0 Å². The predicted molar refractivity (Wildman–Crippen MR) is 107 cm³/mol. The molecule has 0 aromatic carbocycles. The van der Waals surface area contributed by atoms with E-state index < -0.39 is 0 Å². The van der Waals surface area contributed by atoms with Crippen molar-refractivity contribution in [3.8, 4) is 0 Å². The summed E-state index contributed by atoms with van der Waals surface area (Å²) in [7, 11) is 0. The van der Waals surface area contributed by atoms with Crippen LogP contribution in [0.25, 0.3) is 0 Å². The maximum Gasteiger partial charge on any atom is 0.246 e. The number of nitrogens with one attached hydrogen (secondary N) is 2. The van der Waals surface area contributed by atoms with Gasteiger partial charge in [-0.05, 0) is 13.0 Å². The van der Waals surface area contributed by atoms with Crippen LogP contribution in [-0.4, -0.2) is 105 Å². The second kappa shape index (κ2) is 24.2. The predicted octanol–water partition coefficient (Wildman–Crippen LogP) is 0.222. The lowest BCUT2D eigenvalue weighted by Gasteiger charge is -2.08. The van der Waals surface area contributed by atoms with E-state index in [1.165, 1.54) is 0 Å². The highest BCUT2D eigenvalue weighted by Gasteiger charge is 2.00. The Bertz CT molecular complexity index is 323. The molecule has 0 rings (SSSR count). The fourth-order valence-electron chi connectivity index (χ4n) is 1.93. The van der Waals surface area contributed by atoms with Crippen molar-refractivity contribution in [2.24, 2.45) is 0 Å². The second-order valence-corrected chi connectivity index (χ2v) is 5.82. The van der Waals surface area contributed by atoms with Crippen molar-refractivity contribution in [3.63, 3.8) is 0 Å². The summed E-state index contributed by atoms with van der Waals surface area (Å²) in [4.78, 5) is 11.6. The Labute approximate surface area is 169 Å². The Morgan fingerprint density at radius 2 is 1.07 bits per heavy atom. The molecule has 9 nitrogen and oxygen atoms in total. The van der Waals surface area contributed by atoms with Gasteiger partial charge < -0.3 is 39.1 Å². The Hall–Kier alpha value is -0.810. The molecule has 1 amide bonds. The van der Waals surface area contributed by atoms with Crippen LogP contribution in [0, 0.1) is 0 Å². The monoisotopic (exact) mass is 408 g/mol. The maximum absolute atomic E-state index is 11.6. The average molecular weight is 409 g/mol. The number of carbonyl (C=O) groups excluding carboxylic acids is 1. The fourth-order valence-corrected chi connectivity index (χ4v) is 1.93. The zero-order valence-electron chi connectivity index (χ0n) is 17.7. The summed E-state index contributed by atoms with van der Waals surface area (Å²) in [5.41, 5.74) is 0. The Morgan fingerprint density at radius 3 is 1.61 bits per heavy atom. The van der Waals surface area contributed by atoms with Crippen molar-refractivity contribution in [1.82, 2.24) is 10.6 Å².